The van der Waals surface area contributed by atoms with Crippen LogP contribution < -0.4 is 23.8 Å². The quantitative estimate of drug-likeness (QED) is 0.594. The third kappa shape index (κ3) is 6.10. The molecule has 33 heavy (non-hydrogen) atoms. The first-order chi connectivity index (χ1) is 15.5. The second kappa shape index (κ2) is 9.91. The second-order valence-electron chi connectivity index (χ2n) is 8.70. The molecule has 1 heterocycles. The molecule has 1 atom stereocenters. The van der Waals surface area contributed by atoms with Crippen molar-refractivity contribution in [2.45, 2.75) is 44.8 Å². The lowest BCUT2D eigenvalue weighted by Gasteiger charge is -2.38. The van der Waals surface area contributed by atoms with Crippen molar-refractivity contribution in [3.05, 3.63) is 48.0 Å². The maximum atomic E-state index is 12.8. The molecule has 0 saturated heterocycles. The summed E-state index contributed by atoms with van der Waals surface area (Å²) in [7, 11) is -0.452. The Morgan fingerprint density at radius 3 is 2.58 bits per heavy atom. The second-order valence-corrected chi connectivity index (χ2v) is 10.6. The van der Waals surface area contributed by atoms with Crippen LogP contribution in [0.25, 0.3) is 0 Å². The van der Waals surface area contributed by atoms with Gasteiger partial charge < -0.3 is 19.5 Å². The maximum Gasteiger partial charge on any atom is 0.232 e. The van der Waals surface area contributed by atoms with Crippen LogP contribution in [-0.2, 0) is 14.8 Å². The van der Waals surface area contributed by atoms with Gasteiger partial charge in [0.1, 0.15) is 22.8 Å². The molecule has 0 spiro atoms. The van der Waals surface area contributed by atoms with Gasteiger partial charge in [-0.05, 0) is 44.5 Å². The maximum absolute atomic E-state index is 12.8. The Morgan fingerprint density at radius 2 is 1.91 bits per heavy atom. The average Bonchev–Trinajstić information content (AvgIpc) is 2.74. The van der Waals surface area contributed by atoms with Gasteiger partial charge in [0.2, 0.25) is 15.9 Å². The Labute approximate surface area is 195 Å². The zero-order chi connectivity index (χ0) is 24.2. The minimum atomic E-state index is -3.54. The van der Waals surface area contributed by atoms with E-state index in [1.807, 2.05) is 32.0 Å². The van der Waals surface area contributed by atoms with Gasteiger partial charge in [-0.2, -0.15) is 0 Å². The molecule has 0 saturated carbocycles. The molecule has 1 aliphatic rings. The Balaban J connectivity index is 1.67. The van der Waals surface area contributed by atoms with Crippen molar-refractivity contribution in [2.75, 3.05) is 31.3 Å². The fourth-order valence-electron chi connectivity index (χ4n) is 4.04. The fraction of sp³-hybridized carbons (Fsp3) is 0.458. The molecule has 0 bridgehead atoms. The van der Waals surface area contributed by atoms with E-state index >= 15 is 0 Å². The van der Waals surface area contributed by atoms with E-state index in [2.05, 4.69) is 5.32 Å². The topological polar surface area (TPSA) is 94.2 Å². The van der Waals surface area contributed by atoms with E-state index in [1.54, 1.807) is 31.4 Å². The highest BCUT2D eigenvalue weighted by Crippen LogP contribution is 2.41. The number of methoxy groups -OCH3 is 2. The number of anilines is 1. The molecule has 3 rings (SSSR count). The molecule has 2 aromatic carbocycles. The molecule has 180 valence electrons. The van der Waals surface area contributed by atoms with Gasteiger partial charge in [0.05, 0.1) is 32.2 Å². The Kier molecular flexibility index (Phi) is 7.41. The summed E-state index contributed by atoms with van der Waals surface area (Å²) in [6.07, 6.45) is 2.31. The number of carbonyl (C=O) groups excluding carboxylic acids is 1. The van der Waals surface area contributed by atoms with Crippen LogP contribution in [0.1, 0.15) is 44.7 Å². The molecule has 8 nitrogen and oxygen atoms in total. The normalized spacial score (nSPS) is 16.8. The molecule has 0 unspecified atom stereocenters. The molecule has 0 aromatic heterocycles. The number of nitrogens with zero attached hydrogens (tertiary/aromatic N) is 1. The zero-order valence-corrected chi connectivity index (χ0v) is 20.6. The number of rotatable bonds is 9. The molecular formula is C24H32N2O6S. The number of ether oxygens (including phenoxy) is 3. The third-order valence-electron chi connectivity index (χ3n) is 5.53. The highest BCUT2D eigenvalue weighted by Gasteiger charge is 2.34. The standard InChI is InChI=1S/C24H32N2O6S/c1-24(2)16-19(18-13-12-17(30-3)15-22(18)32-24)25-23(27)11-8-14-26(33(5,28)29)20-9-6-7-10-21(20)31-4/h6-7,9-10,12-13,15,19H,8,11,14,16H2,1-5H3,(H,25,27)/t19-/m0/s1. The highest BCUT2D eigenvalue weighted by molar-refractivity contribution is 7.92. The van der Waals surface area contributed by atoms with E-state index in [1.165, 1.54) is 11.4 Å². The molecule has 1 amide bonds. The molecule has 0 radical (unpaired) electrons. The number of carbonyl (C=O) groups is 1. The summed E-state index contributed by atoms with van der Waals surface area (Å²) in [6, 6.07) is 12.3. The summed E-state index contributed by atoms with van der Waals surface area (Å²) in [5.41, 5.74) is 0.904. The first-order valence-electron chi connectivity index (χ1n) is 10.8. The van der Waals surface area contributed by atoms with Gasteiger partial charge in [0.15, 0.2) is 0 Å². The number of benzene rings is 2. The Morgan fingerprint density at radius 1 is 1.18 bits per heavy atom. The van der Waals surface area contributed by atoms with E-state index in [4.69, 9.17) is 14.2 Å². The van der Waals surface area contributed by atoms with Gasteiger partial charge in [-0.3, -0.25) is 9.10 Å². The first-order valence-corrected chi connectivity index (χ1v) is 12.7. The molecule has 2 aromatic rings. The lowest BCUT2D eigenvalue weighted by Crippen LogP contribution is -2.41. The minimum Gasteiger partial charge on any atom is -0.497 e. The van der Waals surface area contributed by atoms with Crippen LogP contribution in [0.4, 0.5) is 5.69 Å². The van der Waals surface area contributed by atoms with Gasteiger partial charge in [0.25, 0.3) is 0 Å². The van der Waals surface area contributed by atoms with Crippen molar-refractivity contribution in [3.63, 3.8) is 0 Å². The summed E-state index contributed by atoms with van der Waals surface area (Å²) in [5, 5.41) is 3.09. The van der Waals surface area contributed by atoms with E-state index in [0.29, 0.717) is 35.8 Å². The van der Waals surface area contributed by atoms with Crippen LogP contribution >= 0.6 is 0 Å². The van der Waals surface area contributed by atoms with Gasteiger partial charge in [-0.25, -0.2) is 8.42 Å². The number of para-hydroxylation sites is 2. The number of fused-ring (bicyclic) bond motifs is 1. The van der Waals surface area contributed by atoms with Crippen LogP contribution in [-0.4, -0.2) is 46.9 Å². The number of sulfonamides is 1. The largest absolute Gasteiger partial charge is 0.497 e. The molecule has 9 heteroatoms. The van der Waals surface area contributed by atoms with Gasteiger partial charge in [0, 0.05) is 31.0 Å². The van der Waals surface area contributed by atoms with Gasteiger partial charge in [-0.15, -0.1) is 0 Å². The SMILES string of the molecule is COc1ccc2c(c1)OC(C)(C)C[C@@H]2NC(=O)CCCN(c1ccccc1OC)S(C)(=O)=O. The monoisotopic (exact) mass is 476 g/mol. The number of hydrogen-bond acceptors (Lipinski definition) is 6. The van der Waals surface area contributed by atoms with Crippen molar-refractivity contribution in [1.29, 1.82) is 0 Å². The molecule has 1 aliphatic heterocycles. The van der Waals surface area contributed by atoms with Crippen LogP contribution in [0, 0.1) is 0 Å². The predicted molar refractivity (Wildman–Crippen MR) is 128 cm³/mol. The lowest BCUT2D eigenvalue weighted by molar-refractivity contribution is -0.122. The van der Waals surface area contributed by atoms with E-state index in [0.717, 1.165) is 11.8 Å². The molecule has 0 aliphatic carbocycles. The van der Waals surface area contributed by atoms with Crippen LogP contribution in [0.15, 0.2) is 42.5 Å². The average molecular weight is 477 g/mol. The van der Waals surface area contributed by atoms with E-state index < -0.39 is 15.6 Å². The summed E-state index contributed by atoms with van der Waals surface area (Å²) >= 11 is 0. The first kappa shape index (κ1) is 24.7. The number of hydrogen-bond donors (Lipinski definition) is 1. The number of amides is 1. The van der Waals surface area contributed by atoms with Crippen LogP contribution in [0.3, 0.4) is 0 Å². The third-order valence-corrected chi connectivity index (χ3v) is 6.71. The zero-order valence-electron chi connectivity index (χ0n) is 19.8. The van der Waals surface area contributed by atoms with Gasteiger partial charge >= 0.3 is 0 Å². The van der Waals surface area contributed by atoms with Crippen molar-refractivity contribution in [1.82, 2.24) is 5.32 Å². The summed E-state index contributed by atoms with van der Waals surface area (Å²) in [6.45, 7) is 4.12. The minimum absolute atomic E-state index is 0.145. The van der Waals surface area contributed by atoms with E-state index in [9.17, 15) is 13.2 Å². The van der Waals surface area contributed by atoms with E-state index in [-0.39, 0.29) is 24.9 Å². The smallest absolute Gasteiger partial charge is 0.232 e. The lowest BCUT2D eigenvalue weighted by atomic mass is 9.89. The van der Waals surface area contributed by atoms with Crippen molar-refractivity contribution in [3.8, 4) is 17.2 Å². The van der Waals surface area contributed by atoms with Gasteiger partial charge in [-0.1, -0.05) is 12.1 Å². The summed E-state index contributed by atoms with van der Waals surface area (Å²) < 4.78 is 42.8. The molecular weight excluding hydrogens is 444 g/mol. The summed E-state index contributed by atoms with van der Waals surface area (Å²) in [5.74, 6) is 1.70. The highest BCUT2D eigenvalue weighted by atomic mass is 32.2. The van der Waals surface area contributed by atoms with Crippen molar-refractivity contribution >= 4 is 21.6 Å². The van der Waals surface area contributed by atoms with Crippen molar-refractivity contribution in [2.24, 2.45) is 0 Å². The summed E-state index contributed by atoms with van der Waals surface area (Å²) in [4.78, 5) is 12.8. The molecule has 1 N–H and O–H groups in total. The molecule has 0 fully saturated rings. The van der Waals surface area contributed by atoms with Crippen LogP contribution in [0.2, 0.25) is 0 Å². The van der Waals surface area contributed by atoms with Crippen molar-refractivity contribution < 1.29 is 27.4 Å². The fourth-order valence-corrected chi connectivity index (χ4v) is 5.01. The predicted octanol–water partition coefficient (Wildman–Crippen LogP) is 3.67. The Hall–Kier alpha value is -2.94. The Bertz CT molecular complexity index is 1100. The van der Waals surface area contributed by atoms with Crippen LogP contribution in [0.5, 0.6) is 17.2 Å². The number of nitrogens with one attached hydrogen (secondary N) is 1.